The van der Waals surface area contributed by atoms with Crippen LogP contribution in [0, 0.1) is 5.82 Å². The normalized spacial score (nSPS) is 11.0. The molecule has 0 spiro atoms. The van der Waals surface area contributed by atoms with Crippen molar-refractivity contribution >= 4 is 17.0 Å². The molecule has 0 aliphatic heterocycles. The molecule has 2 heterocycles. The van der Waals surface area contributed by atoms with E-state index in [4.69, 9.17) is 4.42 Å². The fourth-order valence-electron chi connectivity index (χ4n) is 2.37. The number of benzene rings is 1. The minimum Gasteiger partial charge on any atom is -0.463 e. The average Bonchev–Trinajstić information content (AvgIpc) is 3.02. The Morgan fingerprint density at radius 2 is 2.19 bits per heavy atom. The zero-order chi connectivity index (χ0) is 14.8. The molecule has 1 N–H and O–H groups in total. The Balaban J connectivity index is 1.64. The number of fused-ring (bicyclic) bond motifs is 1. The number of aryl methyl sites for hydroxylation is 1. The van der Waals surface area contributed by atoms with E-state index >= 15 is 0 Å². The summed E-state index contributed by atoms with van der Waals surface area (Å²) in [6.45, 7) is 0.453. The maximum atomic E-state index is 13.1. The van der Waals surface area contributed by atoms with Crippen LogP contribution in [0.25, 0.3) is 11.1 Å². The lowest BCUT2D eigenvalue weighted by Gasteiger charge is -2.06. The Kier molecular flexibility index (Phi) is 3.48. The van der Waals surface area contributed by atoms with E-state index in [-0.39, 0.29) is 11.7 Å². The number of hydrogen-bond donors (Lipinski definition) is 1. The highest BCUT2D eigenvalue weighted by molar-refractivity contribution is 5.97. The van der Waals surface area contributed by atoms with Crippen LogP contribution in [0.4, 0.5) is 4.39 Å². The van der Waals surface area contributed by atoms with Gasteiger partial charge in [0.25, 0.3) is 5.91 Å². The number of carbonyl (C=O) groups excluding carboxylic acids is 1. The van der Waals surface area contributed by atoms with Crippen LogP contribution >= 0.6 is 0 Å². The molecule has 4 nitrogen and oxygen atoms in total. The number of halogens is 1. The molecule has 1 amide bonds. The van der Waals surface area contributed by atoms with Gasteiger partial charge in [-0.3, -0.25) is 4.79 Å². The Hall–Kier alpha value is -2.56. The fourth-order valence-corrected chi connectivity index (χ4v) is 2.37. The molecule has 0 fully saturated rings. The molecule has 0 aliphatic rings. The first-order valence-electron chi connectivity index (χ1n) is 6.71. The van der Waals surface area contributed by atoms with Crippen LogP contribution in [0.5, 0.6) is 0 Å². The molecule has 0 bridgehead atoms. The molecule has 5 heteroatoms. The van der Waals surface area contributed by atoms with Gasteiger partial charge in [0.2, 0.25) is 0 Å². The minimum atomic E-state index is -0.262. The van der Waals surface area contributed by atoms with Gasteiger partial charge in [-0.05, 0) is 24.1 Å². The Morgan fingerprint density at radius 3 is 2.95 bits per heavy atom. The highest BCUT2D eigenvalue weighted by Crippen LogP contribution is 2.19. The summed E-state index contributed by atoms with van der Waals surface area (Å²) in [5.41, 5.74) is 2.97. The van der Waals surface area contributed by atoms with Crippen molar-refractivity contribution in [3.63, 3.8) is 0 Å². The van der Waals surface area contributed by atoms with Crippen molar-refractivity contribution in [2.75, 3.05) is 6.54 Å². The van der Waals surface area contributed by atoms with Gasteiger partial charge >= 0.3 is 0 Å². The van der Waals surface area contributed by atoms with E-state index in [0.717, 1.165) is 11.1 Å². The standard InChI is InChI=1S/C16H15FN2O2/c1-19-13-6-8-21-15(13)10-14(19)16(20)18-7-5-11-3-2-4-12(17)9-11/h2-4,6,8-10H,5,7H2,1H3,(H,18,20). The summed E-state index contributed by atoms with van der Waals surface area (Å²) < 4.78 is 20.1. The van der Waals surface area contributed by atoms with Crippen LogP contribution < -0.4 is 5.32 Å². The third-order valence-corrected chi connectivity index (χ3v) is 3.48. The molecule has 108 valence electrons. The number of aromatic nitrogens is 1. The van der Waals surface area contributed by atoms with Gasteiger partial charge in [0, 0.05) is 25.7 Å². The molecule has 2 aromatic heterocycles. The van der Waals surface area contributed by atoms with Crippen LogP contribution in [0.15, 0.2) is 47.1 Å². The molecule has 0 unspecified atom stereocenters. The molecule has 0 aliphatic carbocycles. The second kappa shape index (κ2) is 5.44. The van der Waals surface area contributed by atoms with Gasteiger partial charge in [-0.25, -0.2) is 4.39 Å². The largest absolute Gasteiger partial charge is 0.463 e. The zero-order valence-electron chi connectivity index (χ0n) is 11.6. The number of hydrogen-bond acceptors (Lipinski definition) is 2. The summed E-state index contributed by atoms with van der Waals surface area (Å²) in [4.78, 5) is 12.1. The van der Waals surface area contributed by atoms with E-state index in [2.05, 4.69) is 5.32 Å². The Morgan fingerprint density at radius 1 is 1.33 bits per heavy atom. The smallest absolute Gasteiger partial charge is 0.268 e. The van der Waals surface area contributed by atoms with E-state index in [1.165, 1.54) is 12.1 Å². The van der Waals surface area contributed by atoms with E-state index in [0.29, 0.717) is 24.2 Å². The van der Waals surface area contributed by atoms with Crippen molar-refractivity contribution in [1.29, 1.82) is 0 Å². The summed E-state index contributed by atoms with van der Waals surface area (Å²) in [6.07, 6.45) is 2.18. The van der Waals surface area contributed by atoms with Gasteiger partial charge in [0.1, 0.15) is 11.5 Å². The quantitative estimate of drug-likeness (QED) is 0.801. The summed E-state index contributed by atoms with van der Waals surface area (Å²) >= 11 is 0. The lowest BCUT2D eigenvalue weighted by Crippen LogP contribution is -2.27. The molecule has 0 atom stereocenters. The SMILES string of the molecule is Cn1c(C(=O)NCCc2cccc(F)c2)cc2occc21. The predicted molar refractivity (Wildman–Crippen MR) is 77.6 cm³/mol. The van der Waals surface area contributed by atoms with Crippen molar-refractivity contribution in [3.05, 3.63) is 59.7 Å². The van der Waals surface area contributed by atoms with E-state index in [1.54, 1.807) is 23.0 Å². The number of nitrogens with zero attached hydrogens (tertiary/aromatic N) is 1. The van der Waals surface area contributed by atoms with Crippen molar-refractivity contribution in [2.24, 2.45) is 7.05 Å². The van der Waals surface area contributed by atoms with Crippen molar-refractivity contribution in [1.82, 2.24) is 9.88 Å². The number of nitrogens with one attached hydrogen (secondary N) is 1. The monoisotopic (exact) mass is 286 g/mol. The van der Waals surface area contributed by atoms with E-state index in [9.17, 15) is 9.18 Å². The second-order valence-electron chi connectivity index (χ2n) is 4.89. The lowest BCUT2D eigenvalue weighted by molar-refractivity contribution is 0.0946. The average molecular weight is 286 g/mol. The molecule has 21 heavy (non-hydrogen) atoms. The van der Waals surface area contributed by atoms with Gasteiger partial charge in [0.05, 0.1) is 11.8 Å². The Bertz CT molecular complexity index is 789. The number of amides is 1. The zero-order valence-corrected chi connectivity index (χ0v) is 11.6. The number of furan rings is 1. The van der Waals surface area contributed by atoms with Gasteiger partial charge in [-0.2, -0.15) is 0 Å². The minimum absolute atomic E-state index is 0.166. The van der Waals surface area contributed by atoms with Crippen molar-refractivity contribution in [2.45, 2.75) is 6.42 Å². The topological polar surface area (TPSA) is 47.2 Å². The Labute approximate surface area is 121 Å². The van der Waals surface area contributed by atoms with Gasteiger partial charge in [-0.15, -0.1) is 0 Å². The van der Waals surface area contributed by atoms with Crippen molar-refractivity contribution < 1.29 is 13.6 Å². The summed E-state index contributed by atoms with van der Waals surface area (Å²) in [6, 6.07) is 9.91. The molecular formula is C16H15FN2O2. The summed E-state index contributed by atoms with van der Waals surface area (Å²) in [5, 5.41) is 2.83. The third-order valence-electron chi connectivity index (χ3n) is 3.48. The van der Waals surface area contributed by atoms with Crippen LogP contribution in [0.2, 0.25) is 0 Å². The molecule has 0 radical (unpaired) electrons. The maximum Gasteiger partial charge on any atom is 0.268 e. The fraction of sp³-hybridized carbons (Fsp3) is 0.188. The van der Waals surface area contributed by atoms with Crippen LogP contribution in [0.3, 0.4) is 0 Å². The first kappa shape index (κ1) is 13.4. The molecule has 1 aromatic carbocycles. The molecule has 3 aromatic rings. The molecule has 0 saturated heterocycles. The predicted octanol–water partition coefficient (Wildman–Crippen LogP) is 2.88. The molecular weight excluding hydrogens is 271 g/mol. The maximum absolute atomic E-state index is 13.1. The summed E-state index contributed by atoms with van der Waals surface area (Å²) in [5.74, 6) is -0.429. The molecule has 0 saturated carbocycles. The number of rotatable bonds is 4. The lowest BCUT2D eigenvalue weighted by atomic mass is 10.1. The van der Waals surface area contributed by atoms with Gasteiger partial charge < -0.3 is 14.3 Å². The third kappa shape index (κ3) is 2.67. The first-order valence-corrected chi connectivity index (χ1v) is 6.71. The van der Waals surface area contributed by atoms with Crippen LogP contribution in [-0.2, 0) is 13.5 Å². The highest BCUT2D eigenvalue weighted by Gasteiger charge is 2.14. The number of carbonyl (C=O) groups is 1. The van der Waals surface area contributed by atoms with Crippen LogP contribution in [0.1, 0.15) is 16.1 Å². The van der Waals surface area contributed by atoms with Gasteiger partial charge in [-0.1, -0.05) is 12.1 Å². The molecule has 3 rings (SSSR count). The first-order chi connectivity index (χ1) is 10.1. The summed E-state index contributed by atoms with van der Waals surface area (Å²) in [7, 11) is 1.82. The van der Waals surface area contributed by atoms with E-state index < -0.39 is 0 Å². The highest BCUT2D eigenvalue weighted by atomic mass is 19.1. The van der Waals surface area contributed by atoms with Gasteiger partial charge in [0.15, 0.2) is 5.58 Å². The van der Waals surface area contributed by atoms with Crippen LogP contribution in [-0.4, -0.2) is 17.0 Å². The van der Waals surface area contributed by atoms with Crippen molar-refractivity contribution in [3.8, 4) is 0 Å². The van der Waals surface area contributed by atoms with E-state index in [1.807, 2.05) is 19.2 Å². The second-order valence-corrected chi connectivity index (χ2v) is 4.89.